The van der Waals surface area contributed by atoms with Gasteiger partial charge in [-0.15, -0.1) is 0 Å². The first kappa shape index (κ1) is 22.3. The molecule has 2 aromatic heterocycles. The molecule has 0 aliphatic carbocycles. The average molecular weight is 453 g/mol. The molecule has 0 fully saturated rings. The smallest absolute Gasteiger partial charge is 0.383 e. The highest BCUT2D eigenvalue weighted by Crippen LogP contribution is 2.32. The van der Waals surface area contributed by atoms with Crippen LogP contribution in [0, 0.1) is 13.8 Å². The molecule has 4 rings (SSSR count). The lowest BCUT2D eigenvalue weighted by Crippen LogP contribution is -2.23. The summed E-state index contributed by atoms with van der Waals surface area (Å²) in [5.41, 5.74) is 8.55. The molecule has 0 saturated carbocycles. The zero-order valence-corrected chi connectivity index (χ0v) is 18.1. The Labute approximate surface area is 188 Å². The summed E-state index contributed by atoms with van der Waals surface area (Å²) in [4.78, 5) is 16.8. The van der Waals surface area contributed by atoms with Crippen molar-refractivity contribution in [3.63, 3.8) is 0 Å². The number of halogens is 3. The largest absolute Gasteiger partial charge is 0.416 e. The van der Waals surface area contributed by atoms with Crippen molar-refractivity contribution in [3.05, 3.63) is 88.4 Å². The highest BCUT2D eigenvalue weighted by molar-refractivity contribution is 5.95. The Hall–Kier alpha value is -3.88. The Kier molecular flexibility index (Phi) is 5.80. The summed E-state index contributed by atoms with van der Waals surface area (Å²) in [7, 11) is 0. The number of rotatable bonds is 5. The molecule has 2 aromatic carbocycles. The molecule has 1 amide bonds. The lowest BCUT2D eigenvalue weighted by molar-refractivity contribution is -0.138. The van der Waals surface area contributed by atoms with Crippen LogP contribution in [0.1, 0.15) is 38.2 Å². The zero-order chi connectivity index (χ0) is 23.8. The SMILES string of the molecule is Cc1cc2c(N)nccc2c(C)c1CNC(=O)c1cnn(Cc2ccccc2C(F)(F)F)c1. The third-order valence-corrected chi connectivity index (χ3v) is 5.69. The van der Waals surface area contributed by atoms with E-state index >= 15 is 0 Å². The quantitative estimate of drug-likeness (QED) is 0.462. The maximum Gasteiger partial charge on any atom is 0.416 e. The van der Waals surface area contributed by atoms with Crippen molar-refractivity contribution in [1.82, 2.24) is 20.1 Å². The second-order valence-electron chi connectivity index (χ2n) is 7.85. The molecule has 9 heteroatoms. The number of hydrogen-bond acceptors (Lipinski definition) is 4. The van der Waals surface area contributed by atoms with Gasteiger partial charge in [-0.25, -0.2) is 4.98 Å². The number of fused-ring (bicyclic) bond motifs is 1. The van der Waals surface area contributed by atoms with Gasteiger partial charge in [-0.3, -0.25) is 9.48 Å². The van der Waals surface area contributed by atoms with E-state index in [1.54, 1.807) is 12.3 Å². The number of aryl methyl sites for hydroxylation is 2. The highest BCUT2D eigenvalue weighted by atomic mass is 19.4. The Balaban J connectivity index is 1.50. The molecule has 170 valence electrons. The summed E-state index contributed by atoms with van der Waals surface area (Å²) < 4.78 is 41.0. The summed E-state index contributed by atoms with van der Waals surface area (Å²) >= 11 is 0. The third kappa shape index (κ3) is 4.52. The normalized spacial score (nSPS) is 11.7. The molecule has 0 unspecified atom stereocenters. The molecule has 0 saturated heterocycles. The van der Waals surface area contributed by atoms with Crippen LogP contribution >= 0.6 is 0 Å². The van der Waals surface area contributed by atoms with Crippen molar-refractivity contribution in [2.75, 3.05) is 5.73 Å². The van der Waals surface area contributed by atoms with E-state index in [4.69, 9.17) is 5.73 Å². The van der Waals surface area contributed by atoms with Gasteiger partial charge in [0.2, 0.25) is 0 Å². The number of carbonyl (C=O) groups excluding carboxylic acids is 1. The number of nitrogens with two attached hydrogens (primary N) is 1. The van der Waals surface area contributed by atoms with Crippen LogP contribution in [0.25, 0.3) is 10.8 Å². The molecule has 2 heterocycles. The minimum absolute atomic E-state index is 0.0798. The van der Waals surface area contributed by atoms with Crippen LogP contribution in [0.15, 0.2) is 55.0 Å². The van der Waals surface area contributed by atoms with Crippen LogP contribution in [0.4, 0.5) is 19.0 Å². The van der Waals surface area contributed by atoms with Crippen LogP contribution in [0.3, 0.4) is 0 Å². The number of nitrogens with one attached hydrogen (secondary N) is 1. The zero-order valence-electron chi connectivity index (χ0n) is 18.1. The molecule has 6 nitrogen and oxygen atoms in total. The van der Waals surface area contributed by atoms with Gasteiger partial charge < -0.3 is 11.1 Å². The molecule has 0 aliphatic heterocycles. The van der Waals surface area contributed by atoms with Gasteiger partial charge in [0.1, 0.15) is 5.82 Å². The van der Waals surface area contributed by atoms with Gasteiger partial charge in [-0.05, 0) is 59.7 Å². The Bertz CT molecular complexity index is 1340. The van der Waals surface area contributed by atoms with E-state index in [0.29, 0.717) is 5.82 Å². The average Bonchev–Trinajstić information content (AvgIpc) is 3.22. The first-order chi connectivity index (χ1) is 15.6. The van der Waals surface area contributed by atoms with Crippen LogP contribution in [-0.2, 0) is 19.3 Å². The molecule has 0 radical (unpaired) electrons. The lowest BCUT2D eigenvalue weighted by atomic mass is 9.96. The fourth-order valence-corrected chi connectivity index (χ4v) is 3.95. The van der Waals surface area contributed by atoms with E-state index in [2.05, 4.69) is 15.4 Å². The highest BCUT2D eigenvalue weighted by Gasteiger charge is 2.33. The summed E-state index contributed by atoms with van der Waals surface area (Å²) in [6.45, 7) is 4.10. The minimum atomic E-state index is -4.46. The van der Waals surface area contributed by atoms with Gasteiger partial charge in [0.15, 0.2) is 0 Å². The lowest BCUT2D eigenvalue weighted by Gasteiger charge is -2.14. The fraction of sp³-hybridized carbons (Fsp3) is 0.208. The van der Waals surface area contributed by atoms with E-state index in [1.807, 2.05) is 26.0 Å². The molecule has 3 N–H and O–H groups in total. The number of nitrogen functional groups attached to an aromatic ring is 1. The second kappa shape index (κ2) is 8.57. The summed E-state index contributed by atoms with van der Waals surface area (Å²) in [6, 6.07) is 9.15. The number of nitrogens with zero attached hydrogens (tertiary/aromatic N) is 3. The van der Waals surface area contributed by atoms with E-state index < -0.39 is 11.7 Å². The van der Waals surface area contributed by atoms with Crippen molar-refractivity contribution in [3.8, 4) is 0 Å². The van der Waals surface area contributed by atoms with Crippen LogP contribution in [0.5, 0.6) is 0 Å². The second-order valence-corrected chi connectivity index (χ2v) is 7.85. The Morgan fingerprint density at radius 1 is 1.15 bits per heavy atom. The predicted octanol–water partition coefficient (Wildman–Crippen LogP) is 4.63. The molecule has 0 aliphatic rings. The topological polar surface area (TPSA) is 85.8 Å². The molecule has 0 atom stereocenters. The van der Waals surface area contributed by atoms with Crippen molar-refractivity contribution < 1.29 is 18.0 Å². The summed E-state index contributed by atoms with van der Waals surface area (Å²) in [5, 5.41) is 8.76. The van der Waals surface area contributed by atoms with Gasteiger partial charge >= 0.3 is 6.18 Å². The number of amides is 1. The van der Waals surface area contributed by atoms with E-state index in [1.165, 1.54) is 29.2 Å². The molecule has 0 spiro atoms. The van der Waals surface area contributed by atoms with E-state index in [-0.39, 0.29) is 30.1 Å². The van der Waals surface area contributed by atoms with Gasteiger partial charge in [-0.2, -0.15) is 18.3 Å². The number of aromatic nitrogens is 3. The fourth-order valence-electron chi connectivity index (χ4n) is 3.95. The Morgan fingerprint density at radius 3 is 2.67 bits per heavy atom. The van der Waals surface area contributed by atoms with E-state index in [9.17, 15) is 18.0 Å². The number of carbonyl (C=O) groups is 1. The number of pyridine rings is 1. The van der Waals surface area contributed by atoms with Gasteiger partial charge in [-0.1, -0.05) is 18.2 Å². The van der Waals surface area contributed by atoms with Crippen LogP contribution in [0.2, 0.25) is 0 Å². The molecular formula is C24H22F3N5O. The maximum atomic E-state index is 13.2. The molecular weight excluding hydrogens is 431 g/mol. The maximum absolute atomic E-state index is 13.2. The number of benzene rings is 2. The number of anilines is 1. The molecule has 33 heavy (non-hydrogen) atoms. The Morgan fingerprint density at radius 2 is 1.91 bits per heavy atom. The van der Waals surface area contributed by atoms with E-state index in [0.717, 1.165) is 33.5 Å². The van der Waals surface area contributed by atoms with Gasteiger partial charge in [0, 0.05) is 24.3 Å². The van der Waals surface area contributed by atoms with Crippen molar-refractivity contribution in [1.29, 1.82) is 0 Å². The van der Waals surface area contributed by atoms with Gasteiger partial charge in [0.25, 0.3) is 5.91 Å². The van der Waals surface area contributed by atoms with Gasteiger partial charge in [0.05, 0.1) is 23.9 Å². The molecule has 0 bridgehead atoms. The molecule has 4 aromatic rings. The first-order valence-corrected chi connectivity index (χ1v) is 10.2. The standard InChI is InChI=1S/C24H22F3N5O/c1-14-9-19-18(7-8-29-22(19)28)15(2)20(14)11-30-23(33)17-10-31-32(13-17)12-16-5-3-4-6-21(16)24(25,26)27/h3-10,13H,11-12H2,1-2H3,(H2,28,29)(H,30,33). The summed E-state index contributed by atoms with van der Waals surface area (Å²) in [5.74, 6) is 0.0901. The predicted molar refractivity (Wildman–Crippen MR) is 120 cm³/mol. The first-order valence-electron chi connectivity index (χ1n) is 10.2. The number of hydrogen-bond donors (Lipinski definition) is 2. The summed E-state index contributed by atoms with van der Waals surface area (Å²) in [6.07, 6.45) is -0.0269. The van der Waals surface area contributed by atoms with Crippen molar-refractivity contribution in [2.24, 2.45) is 0 Å². The monoisotopic (exact) mass is 453 g/mol. The number of alkyl halides is 3. The van der Waals surface area contributed by atoms with Crippen LogP contribution in [-0.4, -0.2) is 20.7 Å². The van der Waals surface area contributed by atoms with Crippen molar-refractivity contribution in [2.45, 2.75) is 33.1 Å². The van der Waals surface area contributed by atoms with Crippen molar-refractivity contribution >= 4 is 22.5 Å². The minimum Gasteiger partial charge on any atom is -0.383 e. The third-order valence-electron chi connectivity index (χ3n) is 5.69. The van der Waals surface area contributed by atoms with Crippen LogP contribution < -0.4 is 11.1 Å².